The van der Waals surface area contributed by atoms with Crippen LogP contribution in [0.4, 0.5) is 0 Å². The first-order chi connectivity index (χ1) is 6.93. The first kappa shape index (κ1) is 12.5. The molecule has 1 unspecified atom stereocenters. The van der Waals surface area contributed by atoms with Gasteiger partial charge in [-0.1, -0.05) is 20.8 Å². The molecule has 1 rings (SSSR count). The van der Waals surface area contributed by atoms with E-state index in [1.54, 1.807) is 0 Å². The van der Waals surface area contributed by atoms with Crippen molar-refractivity contribution < 1.29 is 0 Å². The molecule has 0 aromatic rings. The molecule has 2 N–H and O–H groups in total. The van der Waals surface area contributed by atoms with Gasteiger partial charge in [0.15, 0.2) is 0 Å². The molecule has 0 aliphatic carbocycles. The van der Waals surface area contributed by atoms with Crippen molar-refractivity contribution in [1.29, 1.82) is 5.26 Å². The average molecular weight is 209 g/mol. The number of nitrogens with zero attached hydrogens (tertiary/aromatic N) is 2. The highest BCUT2D eigenvalue weighted by atomic mass is 15.1. The highest BCUT2D eigenvalue weighted by Gasteiger charge is 2.28. The standard InChI is InChI=1S/C12H23N3/c1-12(2,3)10-4-6-15(7-5-10)9-11(14)8-13/h10-11H,4-7,9,14H2,1-3H3. The molecule has 1 aliphatic heterocycles. The van der Waals surface area contributed by atoms with Gasteiger partial charge in [-0.05, 0) is 37.3 Å². The van der Waals surface area contributed by atoms with Crippen LogP contribution < -0.4 is 5.73 Å². The minimum Gasteiger partial charge on any atom is -0.315 e. The smallest absolute Gasteiger partial charge is 0.106 e. The predicted octanol–water partition coefficient (Wildman–Crippen LogP) is 1.60. The molecule has 0 aromatic heterocycles. The summed E-state index contributed by atoms with van der Waals surface area (Å²) in [5.74, 6) is 0.812. The molecular weight excluding hydrogens is 186 g/mol. The molecule has 0 aromatic carbocycles. The minimum absolute atomic E-state index is 0.323. The number of nitrogens with two attached hydrogens (primary N) is 1. The lowest BCUT2D eigenvalue weighted by Gasteiger charge is -2.39. The van der Waals surface area contributed by atoms with Crippen LogP contribution in [0.25, 0.3) is 0 Å². The highest BCUT2D eigenvalue weighted by molar-refractivity contribution is 4.90. The van der Waals surface area contributed by atoms with Crippen molar-refractivity contribution in [3.8, 4) is 6.07 Å². The molecule has 3 heteroatoms. The zero-order valence-electron chi connectivity index (χ0n) is 10.2. The van der Waals surface area contributed by atoms with Crippen molar-refractivity contribution in [3.63, 3.8) is 0 Å². The number of nitriles is 1. The third kappa shape index (κ3) is 3.81. The zero-order chi connectivity index (χ0) is 11.5. The summed E-state index contributed by atoms with van der Waals surface area (Å²) >= 11 is 0. The molecule has 3 nitrogen and oxygen atoms in total. The van der Waals surface area contributed by atoms with Crippen LogP contribution in [0, 0.1) is 22.7 Å². The van der Waals surface area contributed by atoms with Crippen LogP contribution in [0.1, 0.15) is 33.6 Å². The number of hydrogen-bond acceptors (Lipinski definition) is 3. The van der Waals surface area contributed by atoms with Gasteiger partial charge >= 0.3 is 0 Å². The highest BCUT2D eigenvalue weighted by Crippen LogP contribution is 2.34. The summed E-state index contributed by atoms with van der Waals surface area (Å²) in [5, 5.41) is 8.65. The second-order valence-electron chi connectivity index (χ2n) is 5.68. The number of hydrogen-bond donors (Lipinski definition) is 1. The molecule has 0 saturated carbocycles. The molecule has 1 saturated heterocycles. The second kappa shape index (κ2) is 4.96. The van der Waals surface area contributed by atoms with Crippen LogP contribution in [0.2, 0.25) is 0 Å². The van der Waals surface area contributed by atoms with Crippen molar-refractivity contribution in [1.82, 2.24) is 4.90 Å². The van der Waals surface area contributed by atoms with E-state index in [9.17, 15) is 0 Å². The summed E-state index contributed by atoms with van der Waals surface area (Å²) in [6, 6.07) is 1.77. The lowest BCUT2D eigenvalue weighted by molar-refractivity contribution is 0.111. The van der Waals surface area contributed by atoms with E-state index in [0.29, 0.717) is 5.41 Å². The van der Waals surface area contributed by atoms with Crippen molar-refractivity contribution in [3.05, 3.63) is 0 Å². The van der Waals surface area contributed by atoms with Crippen LogP contribution in [-0.4, -0.2) is 30.6 Å². The zero-order valence-corrected chi connectivity index (χ0v) is 10.2. The van der Waals surface area contributed by atoms with Gasteiger partial charge in [0.25, 0.3) is 0 Å². The predicted molar refractivity (Wildman–Crippen MR) is 62.2 cm³/mol. The Morgan fingerprint density at radius 1 is 1.40 bits per heavy atom. The summed E-state index contributed by atoms with van der Waals surface area (Å²) in [4.78, 5) is 2.32. The molecule has 1 aliphatic rings. The average Bonchev–Trinajstić information content (AvgIpc) is 2.17. The Balaban J connectivity index is 2.34. The van der Waals surface area contributed by atoms with Gasteiger partial charge < -0.3 is 10.6 Å². The van der Waals surface area contributed by atoms with Crippen LogP contribution in [0.5, 0.6) is 0 Å². The maximum atomic E-state index is 8.65. The minimum atomic E-state index is -0.323. The lowest BCUT2D eigenvalue weighted by atomic mass is 9.75. The van der Waals surface area contributed by atoms with Crippen molar-refractivity contribution in [2.24, 2.45) is 17.1 Å². The van der Waals surface area contributed by atoms with E-state index in [1.807, 2.05) is 0 Å². The van der Waals surface area contributed by atoms with E-state index in [4.69, 9.17) is 11.0 Å². The van der Waals surface area contributed by atoms with E-state index < -0.39 is 0 Å². The Bertz CT molecular complexity index is 228. The van der Waals surface area contributed by atoms with Gasteiger partial charge in [0, 0.05) is 6.54 Å². The van der Waals surface area contributed by atoms with E-state index in [2.05, 4.69) is 31.7 Å². The first-order valence-electron chi connectivity index (χ1n) is 5.81. The molecule has 1 atom stereocenters. The van der Waals surface area contributed by atoms with Crippen LogP contribution in [0.3, 0.4) is 0 Å². The maximum Gasteiger partial charge on any atom is 0.106 e. The molecule has 0 radical (unpaired) electrons. The Labute approximate surface area is 93.2 Å². The first-order valence-corrected chi connectivity index (χ1v) is 5.81. The summed E-state index contributed by atoms with van der Waals surface area (Å²) < 4.78 is 0. The van der Waals surface area contributed by atoms with Gasteiger partial charge in [-0.15, -0.1) is 0 Å². The SMILES string of the molecule is CC(C)(C)C1CCN(CC(N)C#N)CC1. The Hall–Kier alpha value is -0.590. The fraction of sp³-hybridized carbons (Fsp3) is 0.917. The van der Waals surface area contributed by atoms with Gasteiger partial charge in [0.05, 0.1) is 6.07 Å². The van der Waals surface area contributed by atoms with Crippen molar-refractivity contribution in [2.75, 3.05) is 19.6 Å². The molecule has 15 heavy (non-hydrogen) atoms. The fourth-order valence-corrected chi connectivity index (χ4v) is 2.30. The normalized spacial score (nSPS) is 22.3. The van der Waals surface area contributed by atoms with Gasteiger partial charge in [0.1, 0.15) is 6.04 Å². The molecule has 0 spiro atoms. The quantitative estimate of drug-likeness (QED) is 0.751. The number of piperidine rings is 1. The topological polar surface area (TPSA) is 53.0 Å². The molecule has 0 bridgehead atoms. The van der Waals surface area contributed by atoms with E-state index >= 15 is 0 Å². The van der Waals surface area contributed by atoms with Gasteiger partial charge in [-0.25, -0.2) is 0 Å². The van der Waals surface area contributed by atoms with Gasteiger partial charge in [0.2, 0.25) is 0 Å². The van der Waals surface area contributed by atoms with Gasteiger partial charge in [-0.2, -0.15) is 5.26 Å². The molecular formula is C12H23N3. The fourth-order valence-electron chi connectivity index (χ4n) is 2.30. The van der Waals surface area contributed by atoms with Crippen molar-refractivity contribution in [2.45, 2.75) is 39.7 Å². The summed E-state index contributed by atoms with van der Waals surface area (Å²) in [6.45, 7) is 9.86. The molecule has 86 valence electrons. The van der Waals surface area contributed by atoms with E-state index in [1.165, 1.54) is 12.8 Å². The Morgan fingerprint density at radius 2 is 1.93 bits per heavy atom. The Kier molecular flexibility index (Phi) is 4.12. The van der Waals surface area contributed by atoms with Crippen LogP contribution in [0.15, 0.2) is 0 Å². The lowest BCUT2D eigenvalue weighted by Crippen LogP contribution is -2.43. The molecule has 1 fully saturated rings. The summed E-state index contributed by atoms with van der Waals surface area (Å²) in [7, 11) is 0. The largest absolute Gasteiger partial charge is 0.315 e. The van der Waals surface area contributed by atoms with E-state index in [-0.39, 0.29) is 6.04 Å². The Morgan fingerprint density at radius 3 is 2.33 bits per heavy atom. The van der Waals surface area contributed by atoms with E-state index in [0.717, 1.165) is 25.6 Å². The summed E-state index contributed by atoms with van der Waals surface area (Å²) in [6.07, 6.45) is 2.48. The second-order valence-corrected chi connectivity index (χ2v) is 5.68. The van der Waals surface area contributed by atoms with Crippen molar-refractivity contribution >= 4 is 0 Å². The van der Waals surface area contributed by atoms with Crippen LogP contribution >= 0.6 is 0 Å². The van der Waals surface area contributed by atoms with Gasteiger partial charge in [-0.3, -0.25) is 0 Å². The third-order valence-electron chi connectivity index (χ3n) is 3.43. The number of likely N-dealkylation sites (tertiary alicyclic amines) is 1. The summed E-state index contributed by atoms with van der Waals surface area (Å²) in [5.41, 5.74) is 6.04. The molecule has 1 heterocycles. The monoisotopic (exact) mass is 209 g/mol. The maximum absolute atomic E-state index is 8.65. The third-order valence-corrected chi connectivity index (χ3v) is 3.43. The molecule has 0 amide bonds. The number of rotatable bonds is 2. The van der Waals surface area contributed by atoms with Crippen LogP contribution in [-0.2, 0) is 0 Å².